The molecule has 0 bridgehead atoms. The second-order valence-electron chi connectivity index (χ2n) is 4.80. The van der Waals surface area contributed by atoms with Gasteiger partial charge in [0.2, 0.25) is 0 Å². The van der Waals surface area contributed by atoms with Gasteiger partial charge in [0.1, 0.15) is 5.76 Å². The molecule has 1 saturated heterocycles. The summed E-state index contributed by atoms with van der Waals surface area (Å²) in [7, 11) is 0. The van der Waals surface area contributed by atoms with Crippen molar-refractivity contribution in [3.63, 3.8) is 0 Å². The van der Waals surface area contributed by atoms with Crippen molar-refractivity contribution >= 4 is 11.5 Å². The molecule has 19 heavy (non-hydrogen) atoms. The number of nitrogens with zero attached hydrogens (tertiary/aromatic N) is 3. The van der Waals surface area contributed by atoms with Crippen LogP contribution < -0.4 is 5.32 Å². The third kappa shape index (κ3) is 3.20. The van der Waals surface area contributed by atoms with Crippen LogP contribution in [0.1, 0.15) is 30.3 Å². The van der Waals surface area contributed by atoms with Gasteiger partial charge in [0, 0.05) is 18.5 Å². The zero-order valence-electron chi connectivity index (χ0n) is 10.8. The molecule has 1 atom stereocenters. The largest absolute Gasteiger partial charge is 0.468 e. The number of hydrogen-bond donors (Lipinski definition) is 1. The zero-order chi connectivity index (χ0) is 12.9. The summed E-state index contributed by atoms with van der Waals surface area (Å²) in [6.07, 6.45) is 4.32. The Bertz CT molecular complexity index is 465. The SMILES string of the molecule is c1coc(C(CNCc2csnn2)N2CCCC2)c1. The van der Waals surface area contributed by atoms with Gasteiger partial charge in [-0.1, -0.05) is 4.49 Å². The summed E-state index contributed by atoms with van der Waals surface area (Å²) in [5.41, 5.74) is 1.00. The van der Waals surface area contributed by atoms with Gasteiger partial charge < -0.3 is 9.73 Å². The highest BCUT2D eigenvalue weighted by Crippen LogP contribution is 2.24. The van der Waals surface area contributed by atoms with Crippen LogP contribution in [0.25, 0.3) is 0 Å². The van der Waals surface area contributed by atoms with Crippen molar-refractivity contribution in [2.24, 2.45) is 0 Å². The molecule has 0 saturated carbocycles. The van der Waals surface area contributed by atoms with Crippen molar-refractivity contribution in [3.05, 3.63) is 35.2 Å². The summed E-state index contributed by atoms with van der Waals surface area (Å²) in [5, 5.41) is 9.47. The van der Waals surface area contributed by atoms with Gasteiger partial charge in [-0.2, -0.15) is 0 Å². The lowest BCUT2D eigenvalue weighted by molar-refractivity contribution is 0.209. The predicted molar refractivity (Wildman–Crippen MR) is 73.9 cm³/mol. The first kappa shape index (κ1) is 12.8. The standard InChI is InChI=1S/C13H18N4OS/c1-2-6-17(5-1)12(13-4-3-7-18-13)9-14-8-11-10-19-16-15-11/h3-4,7,10,12,14H,1-2,5-6,8-9H2. The number of hydrogen-bond acceptors (Lipinski definition) is 6. The average molecular weight is 278 g/mol. The second kappa shape index (κ2) is 6.27. The molecule has 0 aromatic carbocycles. The first-order valence-electron chi connectivity index (χ1n) is 6.67. The lowest BCUT2D eigenvalue weighted by Gasteiger charge is -2.25. The predicted octanol–water partition coefficient (Wildman–Crippen LogP) is 2.06. The maximum Gasteiger partial charge on any atom is 0.122 e. The molecule has 1 N–H and O–H groups in total. The Morgan fingerprint density at radius 2 is 2.32 bits per heavy atom. The van der Waals surface area contributed by atoms with Crippen LogP contribution in [0.3, 0.4) is 0 Å². The smallest absolute Gasteiger partial charge is 0.122 e. The van der Waals surface area contributed by atoms with Gasteiger partial charge in [-0.05, 0) is 49.6 Å². The molecule has 6 heteroatoms. The van der Waals surface area contributed by atoms with Gasteiger partial charge in [0.15, 0.2) is 0 Å². The van der Waals surface area contributed by atoms with Crippen molar-refractivity contribution < 1.29 is 4.42 Å². The Hall–Kier alpha value is -1.24. The Morgan fingerprint density at radius 3 is 3.00 bits per heavy atom. The Balaban J connectivity index is 1.59. The van der Waals surface area contributed by atoms with E-state index in [9.17, 15) is 0 Å². The molecular formula is C13H18N4OS. The molecular weight excluding hydrogens is 260 g/mol. The second-order valence-corrected chi connectivity index (χ2v) is 5.41. The van der Waals surface area contributed by atoms with Crippen LogP contribution in [-0.2, 0) is 6.54 Å². The van der Waals surface area contributed by atoms with Crippen molar-refractivity contribution in [2.75, 3.05) is 19.6 Å². The van der Waals surface area contributed by atoms with E-state index in [1.807, 2.05) is 11.4 Å². The monoisotopic (exact) mass is 278 g/mol. The maximum absolute atomic E-state index is 5.59. The number of rotatable bonds is 6. The van der Waals surface area contributed by atoms with Crippen LogP contribution in [0.4, 0.5) is 0 Å². The summed E-state index contributed by atoms with van der Waals surface area (Å²) >= 11 is 1.39. The highest BCUT2D eigenvalue weighted by molar-refractivity contribution is 7.03. The Labute approximate surface area is 116 Å². The van der Waals surface area contributed by atoms with Crippen LogP contribution in [0, 0.1) is 0 Å². The first-order chi connectivity index (χ1) is 9.43. The van der Waals surface area contributed by atoms with Gasteiger partial charge in [-0.15, -0.1) is 5.10 Å². The maximum atomic E-state index is 5.59. The van der Waals surface area contributed by atoms with E-state index in [4.69, 9.17) is 4.42 Å². The van der Waals surface area contributed by atoms with E-state index in [1.54, 1.807) is 6.26 Å². The van der Waals surface area contributed by atoms with E-state index in [-0.39, 0.29) is 0 Å². The third-order valence-electron chi connectivity index (χ3n) is 3.50. The average Bonchev–Trinajstić information content (AvgIpc) is 3.15. The molecule has 3 rings (SSSR count). The normalized spacial score (nSPS) is 17.9. The van der Waals surface area contributed by atoms with Crippen LogP contribution in [0.2, 0.25) is 0 Å². The summed E-state index contributed by atoms with van der Waals surface area (Å²) < 4.78 is 9.46. The molecule has 0 spiro atoms. The molecule has 2 aromatic rings. The number of furan rings is 1. The fourth-order valence-electron chi connectivity index (χ4n) is 2.54. The highest BCUT2D eigenvalue weighted by Gasteiger charge is 2.25. The van der Waals surface area contributed by atoms with E-state index in [0.717, 1.165) is 37.6 Å². The molecule has 0 amide bonds. The minimum absolute atomic E-state index is 0.323. The Kier molecular flexibility index (Phi) is 4.22. The van der Waals surface area contributed by atoms with E-state index in [1.165, 1.54) is 24.4 Å². The summed E-state index contributed by atoms with van der Waals surface area (Å²) in [6.45, 7) is 3.96. The van der Waals surface area contributed by atoms with Gasteiger partial charge in [-0.3, -0.25) is 4.90 Å². The van der Waals surface area contributed by atoms with Gasteiger partial charge >= 0.3 is 0 Å². The van der Waals surface area contributed by atoms with Crippen molar-refractivity contribution in [1.82, 2.24) is 19.8 Å². The lowest BCUT2D eigenvalue weighted by atomic mass is 10.2. The molecule has 102 valence electrons. The van der Waals surface area contributed by atoms with Crippen molar-refractivity contribution in [2.45, 2.75) is 25.4 Å². The molecule has 1 aliphatic rings. The molecule has 3 heterocycles. The minimum Gasteiger partial charge on any atom is -0.468 e. The van der Waals surface area contributed by atoms with Gasteiger partial charge in [0.25, 0.3) is 0 Å². The van der Waals surface area contributed by atoms with Gasteiger partial charge in [0.05, 0.1) is 18.0 Å². The van der Waals surface area contributed by atoms with Gasteiger partial charge in [-0.25, -0.2) is 0 Å². The highest BCUT2D eigenvalue weighted by atomic mass is 32.1. The molecule has 5 nitrogen and oxygen atoms in total. The molecule has 0 aliphatic carbocycles. The molecule has 2 aromatic heterocycles. The topological polar surface area (TPSA) is 54.2 Å². The quantitative estimate of drug-likeness (QED) is 0.876. The van der Waals surface area contributed by atoms with Crippen LogP contribution in [-0.4, -0.2) is 34.1 Å². The first-order valence-corrected chi connectivity index (χ1v) is 7.51. The van der Waals surface area contributed by atoms with E-state index in [0.29, 0.717) is 6.04 Å². The van der Waals surface area contributed by atoms with E-state index < -0.39 is 0 Å². The summed E-state index contributed by atoms with van der Waals surface area (Å²) in [5.74, 6) is 1.05. The molecule has 0 radical (unpaired) electrons. The fraction of sp³-hybridized carbons (Fsp3) is 0.538. The number of likely N-dealkylation sites (tertiary alicyclic amines) is 1. The van der Waals surface area contributed by atoms with Crippen molar-refractivity contribution in [3.8, 4) is 0 Å². The number of aromatic nitrogens is 2. The summed E-state index contributed by atoms with van der Waals surface area (Å²) in [6, 6.07) is 4.35. The number of nitrogens with one attached hydrogen (secondary N) is 1. The van der Waals surface area contributed by atoms with Crippen LogP contribution in [0.15, 0.2) is 28.2 Å². The minimum atomic E-state index is 0.323. The van der Waals surface area contributed by atoms with E-state index in [2.05, 4.69) is 25.9 Å². The Morgan fingerprint density at radius 1 is 1.42 bits per heavy atom. The molecule has 1 fully saturated rings. The summed E-state index contributed by atoms with van der Waals surface area (Å²) in [4.78, 5) is 2.49. The van der Waals surface area contributed by atoms with Crippen LogP contribution in [0.5, 0.6) is 0 Å². The molecule has 1 unspecified atom stereocenters. The fourth-order valence-corrected chi connectivity index (χ4v) is 2.99. The zero-order valence-corrected chi connectivity index (χ0v) is 11.6. The third-order valence-corrected chi connectivity index (χ3v) is 4.06. The lowest BCUT2D eigenvalue weighted by Crippen LogP contribution is -2.33. The van der Waals surface area contributed by atoms with Crippen LogP contribution >= 0.6 is 11.5 Å². The van der Waals surface area contributed by atoms with E-state index >= 15 is 0 Å². The van der Waals surface area contributed by atoms with Crippen molar-refractivity contribution in [1.29, 1.82) is 0 Å². The molecule has 1 aliphatic heterocycles.